The Hall–Kier alpha value is 0.887. The average Bonchev–Trinajstić information content (AvgIpc) is 1.69. The van der Waals surface area contributed by atoms with Gasteiger partial charge in [-0.05, 0) is 0 Å². The molecular formula is C6H14ClLi. The average molecular weight is 129 g/mol. The maximum absolute atomic E-state index is 2.25. The minimum absolute atomic E-state index is 0. The van der Waals surface area contributed by atoms with Crippen molar-refractivity contribution in [3.8, 4) is 0 Å². The van der Waals surface area contributed by atoms with E-state index in [0.717, 1.165) is 0 Å². The van der Waals surface area contributed by atoms with Gasteiger partial charge in [-0.25, -0.2) is 0 Å². The zero-order valence-corrected chi connectivity index (χ0v) is 6.76. The molecule has 0 aromatic rings. The molecule has 0 aliphatic heterocycles. The minimum atomic E-state index is 0. The molecule has 46 valence electrons. The van der Waals surface area contributed by atoms with Gasteiger partial charge < -0.3 is 0 Å². The molecule has 0 saturated carbocycles. The zero-order valence-electron chi connectivity index (χ0n) is 5.94. The normalized spacial score (nSPS) is 8.38. The van der Waals surface area contributed by atoms with E-state index in [-0.39, 0.29) is 12.4 Å². The van der Waals surface area contributed by atoms with Crippen LogP contribution in [0.25, 0.3) is 0 Å². The van der Waals surface area contributed by atoms with Crippen LogP contribution < -0.4 is 0 Å². The summed E-state index contributed by atoms with van der Waals surface area (Å²) in [5.74, 6) is 0. The number of hydrogen-bond donors (Lipinski definition) is 0. The van der Waals surface area contributed by atoms with Gasteiger partial charge in [-0.2, -0.15) is 0 Å². The molecular weight excluding hydrogens is 114 g/mol. The zero-order chi connectivity index (χ0) is 5.54. The van der Waals surface area contributed by atoms with Gasteiger partial charge >= 0.3 is 55.4 Å². The van der Waals surface area contributed by atoms with Crippen molar-refractivity contribution in [2.24, 2.45) is 0 Å². The molecule has 0 spiro atoms. The third-order valence-corrected chi connectivity index (χ3v) is 1.21. The van der Waals surface area contributed by atoms with E-state index in [1.807, 2.05) is 0 Å². The van der Waals surface area contributed by atoms with Gasteiger partial charge in [0.2, 0.25) is 0 Å². The SMILES string of the molecule is Cl.[Li][CH2]CCCCC. The molecule has 0 rings (SSSR count). The Morgan fingerprint density at radius 2 is 1.75 bits per heavy atom. The molecule has 2 heteroatoms. The Balaban J connectivity index is 0. The first kappa shape index (κ1) is 11.7. The fourth-order valence-electron chi connectivity index (χ4n) is 0.677. The molecule has 0 atom stereocenters. The Morgan fingerprint density at radius 1 is 1.12 bits per heavy atom. The molecule has 0 radical (unpaired) electrons. The summed E-state index contributed by atoms with van der Waals surface area (Å²) in [5, 5.41) is 1.36. The van der Waals surface area contributed by atoms with Crippen LogP contribution in [0, 0.1) is 0 Å². The van der Waals surface area contributed by atoms with Crippen LogP contribution in [-0.2, 0) is 0 Å². The van der Waals surface area contributed by atoms with Crippen molar-refractivity contribution in [1.29, 1.82) is 0 Å². The van der Waals surface area contributed by atoms with E-state index in [2.05, 4.69) is 24.6 Å². The Bertz CT molecular complexity index is 27.7. The second-order valence-corrected chi connectivity index (χ2v) is 2.06. The summed E-state index contributed by atoms with van der Waals surface area (Å²) < 4.78 is 0. The second kappa shape index (κ2) is 10.8. The van der Waals surface area contributed by atoms with E-state index in [1.165, 1.54) is 30.8 Å². The molecule has 0 aromatic heterocycles. The van der Waals surface area contributed by atoms with Crippen molar-refractivity contribution in [2.75, 3.05) is 0 Å². The molecule has 0 N–H and O–H groups in total. The number of rotatable bonds is 4. The quantitative estimate of drug-likeness (QED) is 0.403. The van der Waals surface area contributed by atoms with Crippen molar-refractivity contribution >= 4 is 30.1 Å². The fourth-order valence-corrected chi connectivity index (χ4v) is 0.677. The summed E-state index contributed by atoms with van der Waals surface area (Å²) in [6, 6.07) is 0. The molecule has 0 fully saturated rings. The number of unbranched alkanes of at least 4 members (excludes halogenated alkanes) is 3. The van der Waals surface area contributed by atoms with E-state index in [4.69, 9.17) is 0 Å². The predicted octanol–water partition coefficient (Wildman–Crippen LogP) is 2.58. The second-order valence-electron chi connectivity index (χ2n) is 2.06. The summed E-state index contributed by atoms with van der Waals surface area (Å²) >= 11 is 2.25. The van der Waals surface area contributed by atoms with Crippen LogP contribution in [0.5, 0.6) is 0 Å². The summed E-state index contributed by atoms with van der Waals surface area (Å²) in [6.45, 7) is 2.25. The number of halogens is 1. The molecule has 0 aliphatic carbocycles. The van der Waals surface area contributed by atoms with Crippen LogP contribution in [0.4, 0.5) is 0 Å². The van der Waals surface area contributed by atoms with Crippen molar-refractivity contribution in [3.05, 3.63) is 0 Å². The van der Waals surface area contributed by atoms with Crippen LogP contribution in [0.15, 0.2) is 0 Å². The topological polar surface area (TPSA) is 0 Å². The van der Waals surface area contributed by atoms with Crippen molar-refractivity contribution in [3.63, 3.8) is 0 Å². The maximum atomic E-state index is 2.25. The molecule has 0 heterocycles. The van der Waals surface area contributed by atoms with Gasteiger partial charge in [0.25, 0.3) is 0 Å². The van der Waals surface area contributed by atoms with E-state index in [0.29, 0.717) is 0 Å². The van der Waals surface area contributed by atoms with Crippen molar-refractivity contribution in [1.82, 2.24) is 0 Å². The molecule has 0 saturated heterocycles. The van der Waals surface area contributed by atoms with Gasteiger partial charge in [-0.1, -0.05) is 0 Å². The first-order valence-electron chi connectivity index (χ1n) is 3.41. The van der Waals surface area contributed by atoms with Crippen LogP contribution in [0.2, 0.25) is 5.09 Å². The molecule has 8 heavy (non-hydrogen) atoms. The standard InChI is InChI=1S/C6H13.ClH.Li/c1-3-5-6-4-2;;/h1,3-6H2,2H3;1H;. The summed E-state index contributed by atoms with van der Waals surface area (Å²) in [7, 11) is 0. The summed E-state index contributed by atoms with van der Waals surface area (Å²) in [6.07, 6.45) is 5.65. The van der Waals surface area contributed by atoms with Crippen LogP contribution >= 0.6 is 12.4 Å². The third-order valence-electron chi connectivity index (χ3n) is 1.21. The third kappa shape index (κ3) is 9.99. The van der Waals surface area contributed by atoms with Crippen LogP contribution in [0.1, 0.15) is 32.6 Å². The van der Waals surface area contributed by atoms with Gasteiger partial charge in [0.05, 0.1) is 0 Å². The molecule has 0 bridgehead atoms. The Morgan fingerprint density at radius 3 is 2.12 bits per heavy atom. The molecule has 0 nitrogen and oxygen atoms in total. The van der Waals surface area contributed by atoms with Gasteiger partial charge in [0, 0.05) is 0 Å². The van der Waals surface area contributed by atoms with Crippen molar-refractivity contribution in [2.45, 2.75) is 37.7 Å². The predicted molar refractivity (Wildman–Crippen MR) is 42.0 cm³/mol. The van der Waals surface area contributed by atoms with Gasteiger partial charge in [0.15, 0.2) is 0 Å². The van der Waals surface area contributed by atoms with Gasteiger partial charge in [0.1, 0.15) is 0 Å². The van der Waals surface area contributed by atoms with E-state index in [9.17, 15) is 0 Å². The van der Waals surface area contributed by atoms with Crippen LogP contribution in [0.3, 0.4) is 0 Å². The molecule has 0 amide bonds. The molecule has 0 unspecified atom stereocenters. The monoisotopic (exact) mass is 128 g/mol. The Labute approximate surface area is 68.0 Å². The Kier molecular flexibility index (Phi) is 15.7. The van der Waals surface area contributed by atoms with E-state index in [1.54, 1.807) is 0 Å². The first-order valence-corrected chi connectivity index (χ1v) is 3.41. The van der Waals surface area contributed by atoms with Gasteiger partial charge in [-0.3, -0.25) is 0 Å². The van der Waals surface area contributed by atoms with Crippen molar-refractivity contribution < 1.29 is 0 Å². The molecule has 0 aromatic carbocycles. The van der Waals surface area contributed by atoms with Gasteiger partial charge in [-0.15, -0.1) is 12.4 Å². The summed E-state index contributed by atoms with van der Waals surface area (Å²) in [5.41, 5.74) is 0. The number of hydrogen-bond acceptors (Lipinski definition) is 0. The van der Waals surface area contributed by atoms with E-state index < -0.39 is 0 Å². The summed E-state index contributed by atoms with van der Waals surface area (Å²) in [4.78, 5) is 0. The fraction of sp³-hybridized carbons (Fsp3) is 1.00. The molecule has 0 aliphatic rings. The first-order chi connectivity index (χ1) is 3.41. The van der Waals surface area contributed by atoms with E-state index >= 15 is 0 Å². The van der Waals surface area contributed by atoms with Crippen LogP contribution in [-0.4, -0.2) is 17.7 Å².